The molecule has 0 radical (unpaired) electrons. The first-order valence-corrected chi connectivity index (χ1v) is 6.58. The molecule has 0 aromatic carbocycles. The number of rotatable bonds is 5. The van der Waals surface area contributed by atoms with Gasteiger partial charge in [-0.2, -0.15) is 0 Å². The van der Waals surface area contributed by atoms with Crippen molar-refractivity contribution in [3.8, 4) is 0 Å². The molecule has 1 aliphatic heterocycles. The van der Waals surface area contributed by atoms with E-state index >= 15 is 0 Å². The first-order valence-electron chi connectivity index (χ1n) is 6.18. The van der Waals surface area contributed by atoms with E-state index in [-0.39, 0.29) is 5.91 Å². The van der Waals surface area contributed by atoms with E-state index in [1.165, 1.54) is 0 Å². The third-order valence-electron chi connectivity index (χ3n) is 3.42. The summed E-state index contributed by atoms with van der Waals surface area (Å²) in [5.41, 5.74) is 5.13. The van der Waals surface area contributed by atoms with Crippen molar-refractivity contribution in [1.82, 2.24) is 4.90 Å². The number of nitrogens with two attached hydrogens (primary N) is 1. The van der Waals surface area contributed by atoms with Crippen LogP contribution in [0.2, 0.25) is 0 Å². The molecule has 1 rings (SSSR count). The highest BCUT2D eigenvalue weighted by molar-refractivity contribution is 7.80. The van der Waals surface area contributed by atoms with Crippen LogP contribution in [0.3, 0.4) is 0 Å². The standard InChI is InChI=1S/C12H22N2O2S/c1-3-4-7-14(2)11(15)12(10(13)17)5-8-16-9-6-12/h3-9H2,1-2H3,(H2,13,17). The topological polar surface area (TPSA) is 55.6 Å². The molecule has 0 unspecified atom stereocenters. The second-order valence-electron chi connectivity index (χ2n) is 4.64. The van der Waals surface area contributed by atoms with Gasteiger partial charge in [0.25, 0.3) is 0 Å². The maximum Gasteiger partial charge on any atom is 0.235 e. The Hall–Kier alpha value is -0.680. The average Bonchev–Trinajstić information content (AvgIpc) is 2.35. The quantitative estimate of drug-likeness (QED) is 0.756. The maximum atomic E-state index is 12.5. The van der Waals surface area contributed by atoms with Crippen LogP contribution in [0.1, 0.15) is 32.6 Å². The van der Waals surface area contributed by atoms with E-state index in [0.29, 0.717) is 31.0 Å². The van der Waals surface area contributed by atoms with Gasteiger partial charge in [0.05, 0.1) is 4.99 Å². The predicted octanol–water partition coefficient (Wildman–Crippen LogP) is 1.33. The summed E-state index contributed by atoms with van der Waals surface area (Å²) in [5.74, 6) is 0.0572. The molecular weight excluding hydrogens is 236 g/mol. The van der Waals surface area contributed by atoms with E-state index in [9.17, 15) is 4.79 Å². The molecule has 17 heavy (non-hydrogen) atoms. The van der Waals surface area contributed by atoms with E-state index in [1.807, 2.05) is 7.05 Å². The van der Waals surface area contributed by atoms with Crippen molar-refractivity contribution in [3.05, 3.63) is 0 Å². The Kier molecular flexibility index (Phi) is 5.33. The Labute approximate surface area is 108 Å². The summed E-state index contributed by atoms with van der Waals surface area (Å²) < 4.78 is 5.30. The lowest BCUT2D eigenvalue weighted by Crippen LogP contribution is -2.52. The molecule has 0 atom stereocenters. The summed E-state index contributed by atoms with van der Waals surface area (Å²) in [7, 11) is 1.83. The molecular formula is C12H22N2O2S. The lowest BCUT2D eigenvalue weighted by molar-refractivity contribution is -0.141. The predicted molar refractivity (Wildman–Crippen MR) is 71.8 cm³/mol. The summed E-state index contributed by atoms with van der Waals surface area (Å²) in [6, 6.07) is 0. The van der Waals surface area contributed by atoms with Crippen molar-refractivity contribution in [1.29, 1.82) is 0 Å². The summed E-state index contributed by atoms with van der Waals surface area (Å²) in [6.45, 7) is 3.99. The summed E-state index contributed by atoms with van der Waals surface area (Å²) >= 11 is 5.11. The van der Waals surface area contributed by atoms with Crippen LogP contribution in [0.4, 0.5) is 0 Å². The van der Waals surface area contributed by atoms with Gasteiger partial charge in [0.2, 0.25) is 5.91 Å². The third-order valence-corrected chi connectivity index (χ3v) is 3.81. The molecule has 1 fully saturated rings. The highest BCUT2D eigenvalue weighted by Gasteiger charge is 2.44. The van der Waals surface area contributed by atoms with E-state index in [2.05, 4.69) is 6.92 Å². The molecule has 0 aromatic heterocycles. The van der Waals surface area contributed by atoms with Gasteiger partial charge < -0.3 is 15.4 Å². The molecule has 1 heterocycles. The summed E-state index contributed by atoms with van der Waals surface area (Å²) in [5, 5.41) is 0. The third kappa shape index (κ3) is 3.16. The maximum absolute atomic E-state index is 12.5. The van der Waals surface area contributed by atoms with Crippen molar-refractivity contribution in [2.75, 3.05) is 26.8 Å². The van der Waals surface area contributed by atoms with Crippen molar-refractivity contribution < 1.29 is 9.53 Å². The van der Waals surface area contributed by atoms with Gasteiger partial charge in [-0.25, -0.2) is 0 Å². The summed E-state index contributed by atoms with van der Waals surface area (Å²) in [4.78, 5) is 14.5. The van der Waals surface area contributed by atoms with Crippen LogP contribution in [0.25, 0.3) is 0 Å². The van der Waals surface area contributed by atoms with E-state index < -0.39 is 5.41 Å². The zero-order valence-corrected chi connectivity index (χ0v) is 11.5. The van der Waals surface area contributed by atoms with Crippen LogP contribution in [-0.4, -0.2) is 42.6 Å². The summed E-state index contributed by atoms with van der Waals surface area (Å²) in [6.07, 6.45) is 3.29. The van der Waals surface area contributed by atoms with Crippen molar-refractivity contribution in [2.45, 2.75) is 32.6 Å². The van der Waals surface area contributed by atoms with Gasteiger partial charge in [0.15, 0.2) is 0 Å². The number of thiocarbonyl (C=S) groups is 1. The Morgan fingerprint density at radius 3 is 2.53 bits per heavy atom. The number of carbonyl (C=O) groups is 1. The molecule has 5 heteroatoms. The van der Waals surface area contributed by atoms with E-state index in [1.54, 1.807) is 4.90 Å². The number of unbranched alkanes of at least 4 members (excludes halogenated alkanes) is 1. The zero-order valence-electron chi connectivity index (χ0n) is 10.7. The second kappa shape index (κ2) is 6.31. The molecule has 1 amide bonds. The van der Waals surface area contributed by atoms with Crippen LogP contribution in [0.5, 0.6) is 0 Å². The second-order valence-corrected chi connectivity index (χ2v) is 5.08. The minimum atomic E-state index is -0.671. The Morgan fingerprint density at radius 1 is 1.47 bits per heavy atom. The normalized spacial score (nSPS) is 18.7. The molecule has 98 valence electrons. The first kappa shape index (κ1) is 14.4. The van der Waals surface area contributed by atoms with Gasteiger partial charge in [0, 0.05) is 26.8 Å². The van der Waals surface area contributed by atoms with Crippen LogP contribution in [-0.2, 0) is 9.53 Å². The van der Waals surface area contributed by atoms with Crippen LogP contribution in [0.15, 0.2) is 0 Å². The molecule has 0 aromatic rings. The number of amides is 1. The molecule has 1 aliphatic rings. The smallest absolute Gasteiger partial charge is 0.235 e. The fourth-order valence-corrected chi connectivity index (χ4v) is 2.44. The lowest BCUT2D eigenvalue weighted by Gasteiger charge is -2.37. The molecule has 1 saturated heterocycles. The first-order chi connectivity index (χ1) is 8.04. The fraction of sp³-hybridized carbons (Fsp3) is 0.833. The Bertz CT molecular complexity index is 288. The van der Waals surface area contributed by atoms with Gasteiger partial charge in [-0.1, -0.05) is 25.6 Å². The number of hydrogen-bond acceptors (Lipinski definition) is 3. The van der Waals surface area contributed by atoms with Crippen LogP contribution < -0.4 is 5.73 Å². The van der Waals surface area contributed by atoms with Crippen LogP contribution in [0, 0.1) is 5.41 Å². The number of nitrogens with zero attached hydrogens (tertiary/aromatic N) is 1. The van der Waals surface area contributed by atoms with Gasteiger partial charge in [-0.15, -0.1) is 0 Å². The number of hydrogen-bond donors (Lipinski definition) is 1. The molecule has 0 spiro atoms. The molecule has 4 nitrogen and oxygen atoms in total. The number of ether oxygens (including phenoxy) is 1. The van der Waals surface area contributed by atoms with Crippen molar-refractivity contribution in [3.63, 3.8) is 0 Å². The monoisotopic (exact) mass is 258 g/mol. The highest BCUT2D eigenvalue weighted by atomic mass is 32.1. The lowest BCUT2D eigenvalue weighted by atomic mass is 9.78. The van der Waals surface area contributed by atoms with Gasteiger partial charge in [-0.05, 0) is 19.3 Å². The van der Waals surface area contributed by atoms with Gasteiger partial charge in [0.1, 0.15) is 5.41 Å². The Balaban J connectivity index is 2.76. The molecule has 2 N–H and O–H groups in total. The van der Waals surface area contributed by atoms with Crippen molar-refractivity contribution in [2.24, 2.45) is 11.1 Å². The number of carbonyl (C=O) groups excluding carboxylic acids is 1. The zero-order chi connectivity index (χ0) is 12.9. The van der Waals surface area contributed by atoms with Gasteiger partial charge in [-0.3, -0.25) is 4.79 Å². The van der Waals surface area contributed by atoms with E-state index in [0.717, 1.165) is 19.4 Å². The van der Waals surface area contributed by atoms with Crippen LogP contribution >= 0.6 is 12.2 Å². The minimum Gasteiger partial charge on any atom is -0.392 e. The molecule has 0 saturated carbocycles. The van der Waals surface area contributed by atoms with E-state index in [4.69, 9.17) is 22.7 Å². The van der Waals surface area contributed by atoms with Crippen molar-refractivity contribution >= 4 is 23.1 Å². The Morgan fingerprint density at radius 2 is 2.06 bits per heavy atom. The van der Waals surface area contributed by atoms with Gasteiger partial charge >= 0.3 is 0 Å². The minimum absolute atomic E-state index is 0.0572. The average molecular weight is 258 g/mol. The fourth-order valence-electron chi connectivity index (χ4n) is 2.15. The largest absolute Gasteiger partial charge is 0.392 e. The molecule has 0 aliphatic carbocycles. The molecule has 0 bridgehead atoms. The highest BCUT2D eigenvalue weighted by Crippen LogP contribution is 2.33. The SMILES string of the molecule is CCCCN(C)C(=O)C1(C(N)=S)CCOCC1.